The Hall–Kier alpha value is -0.200. The van der Waals surface area contributed by atoms with Crippen molar-refractivity contribution in [1.82, 2.24) is 15.1 Å². The molecule has 26 heavy (non-hydrogen) atoms. The van der Waals surface area contributed by atoms with E-state index in [0.29, 0.717) is 6.10 Å². The molecule has 3 rings (SSSR count). The number of ether oxygens (including phenoxy) is 1. The van der Waals surface area contributed by atoms with E-state index in [1.165, 1.54) is 52.0 Å². The Balaban J connectivity index is 0.000000791. The van der Waals surface area contributed by atoms with Gasteiger partial charge in [0, 0.05) is 32.7 Å². The highest BCUT2D eigenvalue weighted by atomic mass is 16.5. The van der Waals surface area contributed by atoms with Crippen molar-refractivity contribution in [2.75, 3.05) is 59.0 Å². The Labute approximate surface area is 162 Å². The molecule has 5 heteroatoms. The van der Waals surface area contributed by atoms with Crippen LogP contribution in [-0.2, 0) is 4.74 Å². The van der Waals surface area contributed by atoms with Gasteiger partial charge in [-0.25, -0.2) is 0 Å². The highest BCUT2D eigenvalue weighted by Crippen LogP contribution is 2.23. The van der Waals surface area contributed by atoms with Crippen molar-refractivity contribution in [2.24, 2.45) is 5.92 Å². The molecule has 0 amide bonds. The monoisotopic (exact) mass is 371 g/mol. The summed E-state index contributed by atoms with van der Waals surface area (Å²) in [6.45, 7) is 18.5. The van der Waals surface area contributed by atoms with Gasteiger partial charge in [-0.3, -0.25) is 0 Å². The summed E-state index contributed by atoms with van der Waals surface area (Å²) in [4.78, 5) is 5.17. The second-order valence-corrected chi connectivity index (χ2v) is 7.28. The highest BCUT2D eigenvalue weighted by molar-refractivity contribution is 4.80. The number of piperazine rings is 1. The summed E-state index contributed by atoms with van der Waals surface area (Å²) in [5.41, 5.74) is 0. The van der Waals surface area contributed by atoms with Crippen molar-refractivity contribution < 1.29 is 9.84 Å². The maximum atomic E-state index is 9.24. The van der Waals surface area contributed by atoms with Crippen molar-refractivity contribution in [3.05, 3.63) is 0 Å². The summed E-state index contributed by atoms with van der Waals surface area (Å²) < 4.78 is 5.79. The number of aliphatic hydroxyl groups is 1. The molecular formula is C21H45N3O2. The summed E-state index contributed by atoms with van der Waals surface area (Å²) in [6, 6.07) is 0. The second-order valence-electron chi connectivity index (χ2n) is 7.28. The molecule has 0 unspecified atom stereocenters. The normalized spacial score (nSPS) is 27.6. The van der Waals surface area contributed by atoms with Crippen LogP contribution < -0.4 is 5.32 Å². The van der Waals surface area contributed by atoms with Crippen LogP contribution in [0.3, 0.4) is 0 Å². The molecular weight excluding hydrogens is 326 g/mol. The maximum Gasteiger partial charge on any atom is 0.0625 e. The molecule has 3 fully saturated rings. The van der Waals surface area contributed by atoms with Gasteiger partial charge in [0.1, 0.15) is 0 Å². The summed E-state index contributed by atoms with van der Waals surface area (Å²) >= 11 is 0. The molecule has 3 aliphatic rings. The number of piperidine rings is 1. The van der Waals surface area contributed by atoms with Gasteiger partial charge in [0.15, 0.2) is 0 Å². The van der Waals surface area contributed by atoms with Crippen LogP contribution in [0.5, 0.6) is 0 Å². The van der Waals surface area contributed by atoms with Crippen LogP contribution in [0.2, 0.25) is 0 Å². The molecule has 2 aliphatic heterocycles. The van der Waals surface area contributed by atoms with Crippen LogP contribution in [0.15, 0.2) is 0 Å². The average molecular weight is 372 g/mol. The van der Waals surface area contributed by atoms with Gasteiger partial charge in [0.25, 0.3) is 0 Å². The van der Waals surface area contributed by atoms with E-state index in [-0.39, 0.29) is 6.10 Å². The minimum absolute atomic E-state index is 0.101. The summed E-state index contributed by atoms with van der Waals surface area (Å²) in [7, 11) is 0. The zero-order valence-electron chi connectivity index (χ0n) is 17.9. The lowest BCUT2D eigenvalue weighted by Crippen LogP contribution is -2.44. The molecule has 0 aromatic heterocycles. The zero-order chi connectivity index (χ0) is 19.2. The number of rotatable bonds is 7. The molecule has 0 aromatic carbocycles. The minimum Gasteiger partial charge on any atom is -0.393 e. The topological polar surface area (TPSA) is 48.0 Å². The van der Waals surface area contributed by atoms with Gasteiger partial charge in [-0.15, -0.1) is 0 Å². The Morgan fingerprint density at radius 1 is 0.885 bits per heavy atom. The van der Waals surface area contributed by atoms with Gasteiger partial charge in [-0.2, -0.15) is 0 Å². The third-order valence-corrected chi connectivity index (χ3v) is 5.60. The quantitative estimate of drug-likeness (QED) is 0.720. The maximum absolute atomic E-state index is 9.24. The molecule has 2 heterocycles. The number of hydrogen-bond donors (Lipinski definition) is 2. The van der Waals surface area contributed by atoms with Crippen molar-refractivity contribution in [3.63, 3.8) is 0 Å². The first-order valence-electron chi connectivity index (χ1n) is 11.2. The predicted molar refractivity (Wildman–Crippen MR) is 111 cm³/mol. The fraction of sp³-hybridized carbons (Fsp3) is 1.00. The van der Waals surface area contributed by atoms with E-state index in [1.807, 2.05) is 27.7 Å². The third kappa shape index (κ3) is 9.14. The fourth-order valence-electron chi connectivity index (χ4n) is 3.82. The van der Waals surface area contributed by atoms with Gasteiger partial charge in [-0.05, 0) is 57.7 Å². The summed E-state index contributed by atoms with van der Waals surface area (Å²) in [5.74, 6) is 0.925. The van der Waals surface area contributed by atoms with Gasteiger partial charge in [0.2, 0.25) is 0 Å². The van der Waals surface area contributed by atoms with Crippen LogP contribution in [0.25, 0.3) is 0 Å². The van der Waals surface area contributed by atoms with Crippen molar-refractivity contribution in [1.29, 1.82) is 0 Å². The second kappa shape index (κ2) is 14.8. The van der Waals surface area contributed by atoms with Crippen LogP contribution in [-0.4, -0.2) is 86.1 Å². The third-order valence-electron chi connectivity index (χ3n) is 5.60. The Morgan fingerprint density at radius 3 is 2.04 bits per heavy atom. The lowest BCUT2D eigenvalue weighted by molar-refractivity contribution is -0.0755. The Kier molecular flexibility index (Phi) is 13.6. The molecule has 0 atom stereocenters. The van der Waals surface area contributed by atoms with Crippen LogP contribution in [0.4, 0.5) is 0 Å². The molecule has 0 spiro atoms. The van der Waals surface area contributed by atoms with Crippen molar-refractivity contribution in [2.45, 2.75) is 72.0 Å². The molecule has 0 radical (unpaired) electrons. The first kappa shape index (κ1) is 23.8. The van der Waals surface area contributed by atoms with E-state index in [4.69, 9.17) is 4.74 Å². The van der Waals surface area contributed by atoms with Gasteiger partial charge >= 0.3 is 0 Å². The van der Waals surface area contributed by atoms with E-state index >= 15 is 0 Å². The van der Waals surface area contributed by atoms with E-state index in [0.717, 1.165) is 45.0 Å². The van der Waals surface area contributed by atoms with E-state index in [1.54, 1.807) is 0 Å². The first-order valence-corrected chi connectivity index (χ1v) is 11.2. The van der Waals surface area contributed by atoms with Crippen LogP contribution >= 0.6 is 0 Å². The van der Waals surface area contributed by atoms with Gasteiger partial charge in [0.05, 0.1) is 18.8 Å². The van der Waals surface area contributed by atoms with Crippen LogP contribution in [0.1, 0.15) is 59.8 Å². The lowest BCUT2D eigenvalue weighted by Gasteiger charge is -2.35. The molecule has 0 aromatic rings. The smallest absolute Gasteiger partial charge is 0.0625 e. The van der Waals surface area contributed by atoms with Crippen LogP contribution in [0, 0.1) is 5.92 Å². The Morgan fingerprint density at radius 2 is 1.46 bits per heavy atom. The first-order chi connectivity index (χ1) is 12.8. The number of nitrogens with one attached hydrogen (secondary N) is 1. The average Bonchev–Trinajstić information content (AvgIpc) is 2.70. The molecule has 5 nitrogen and oxygen atoms in total. The fourth-order valence-corrected chi connectivity index (χ4v) is 3.82. The SMILES string of the molecule is CC.CC.OC1CC(OCCN2CCC(CCN3CCNCC3)CC2)C1. The van der Waals surface area contributed by atoms with Crippen molar-refractivity contribution >= 4 is 0 Å². The van der Waals surface area contributed by atoms with Crippen molar-refractivity contribution in [3.8, 4) is 0 Å². The molecule has 156 valence electrons. The molecule has 0 bridgehead atoms. The number of aliphatic hydroxyl groups excluding tert-OH is 1. The summed E-state index contributed by atoms with van der Waals surface area (Å²) in [5, 5.41) is 12.7. The van der Waals surface area contributed by atoms with Gasteiger partial charge < -0.3 is 25.0 Å². The number of nitrogens with zero attached hydrogens (tertiary/aromatic N) is 2. The standard InChI is InChI=1S/C17H33N3O2.2C2H6/c21-16-13-17(14-16)22-12-11-19-6-1-15(2-7-19)3-8-20-9-4-18-5-10-20;2*1-2/h15-18,21H,1-14H2;2*1-2H3. The largest absolute Gasteiger partial charge is 0.393 e. The molecule has 2 N–H and O–H groups in total. The zero-order valence-corrected chi connectivity index (χ0v) is 17.9. The molecule has 1 saturated carbocycles. The van der Waals surface area contributed by atoms with Gasteiger partial charge in [-0.1, -0.05) is 27.7 Å². The van der Waals surface area contributed by atoms with E-state index in [9.17, 15) is 5.11 Å². The van der Waals surface area contributed by atoms with E-state index < -0.39 is 0 Å². The Bertz CT molecular complexity index is 310. The highest BCUT2D eigenvalue weighted by Gasteiger charge is 2.28. The number of hydrogen-bond acceptors (Lipinski definition) is 5. The number of likely N-dealkylation sites (tertiary alicyclic amines) is 1. The van der Waals surface area contributed by atoms with E-state index in [2.05, 4.69) is 15.1 Å². The molecule has 1 aliphatic carbocycles. The minimum atomic E-state index is -0.101. The summed E-state index contributed by atoms with van der Waals surface area (Å²) in [6.07, 6.45) is 6.00. The lowest BCUT2D eigenvalue weighted by atomic mass is 9.92. The molecule has 2 saturated heterocycles. The predicted octanol–water partition coefficient (Wildman–Crippen LogP) is 2.59.